The van der Waals surface area contributed by atoms with Crippen LogP contribution in [0.15, 0.2) is 66.2 Å². The first-order chi connectivity index (χ1) is 14.0. The second-order valence-electron chi connectivity index (χ2n) is 7.10. The van der Waals surface area contributed by atoms with Crippen molar-refractivity contribution in [3.8, 4) is 0 Å². The van der Waals surface area contributed by atoms with Crippen molar-refractivity contribution in [2.24, 2.45) is 0 Å². The van der Waals surface area contributed by atoms with E-state index in [1.165, 1.54) is 10.9 Å². The van der Waals surface area contributed by atoms with Gasteiger partial charge in [0.15, 0.2) is 0 Å². The fraction of sp³-hybridized carbons (Fsp3) is 0.238. The van der Waals surface area contributed by atoms with Gasteiger partial charge in [-0.1, -0.05) is 6.07 Å². The molecule has 30 heavy (non-hydrogen) atoms. The Bertz CT molecular complexity index is 1240. The quantitative estimate of drug-likeness (QED) is 0.362. The van der Waals surface area contributed by atoms with Gasteiger partial charge in [0.25, 0.3) is 0 Å². The molecular formula is C21H24ClN5O2S. The molecule has 0 spiro atoms. The van der Waals surface area contributed by atoms with E-state index in [-0.39, 0.29) is 23.3 Å². The van der Waals surface area contributed by atoms with Gasteiger partial charge < -0.3 is 10.3 Å². The fourth-order valence-corrected chi connectivity index (χ4v) is 4.66. The van der Waals surface area contributed by atoms with E-state index in [9.17, 15) is 8.42 Å². The van der Waals surface area contributed by atoms with Crippen molar-refractivity contribution in [1.29, 1.82) is 0 Å². The van der Waals surface area contributed by atoms with Crippen molar-refractivity contribution in [2.45, 2.75) is 24.3 Å². The fourth-order valence-electron chi connectivity index (χ4n) is 3.38. The highest BCUT2D eigenvalue weighted by atomic mass is 35.5. The zero-order valence-corrected chi connectivity index (χ0v) is 18.1. The van der Waals surface area contributed by atoms with Crippen LogP contribution in [0.3, 0.4) is 0 Å². The molecule has 0 aliphatic rings. The van der Waals surface area contributed by atoms with Crippen LogP contribution in [-0.4, -0.2) is 42.5 Å². The molecule has 3 aromatic heterocycles. The maximum atomic E-state index is 12.7. The minimum absolute atomic E-state index is 0. The second-order valence-corrected chi connectivity index (χ2v) is 8.81. The lowest BCUT2D eigenvalue weighted by atomic mass is 10.1. The van der Waals surface area contributed by atoms with Gasteiger partial charge in [0.05, 0.1) is 16.6 Å². The highest BCUT2D eigenvalue weighted by Gasteiger charge is 2.17. The zero-order chi connectivity index (χ0) is 20.3. The van der Waals surface area contributed by atoms with Crippen molar-refractivity contribution in [1.82, 2.24) is 25.0 Å². The molecule has 0 amide bonds. The number of hydrogen-bond acceptors (Lipinski definition) is 5. The molecule has 9 heteroatoms. The number of aromatic amines is 1. The molecule has 3 N–H and O–H groups in total. The van der Waals surface area contributed by atoms with Crippen molar-refractivity contribution >= 4 is 44.1 Å². The lowest BCUT2D eigenvalue weighted by Crippen LogP contribution is -2.40. The summed E-state index contributed by atoms with van der Waals surface area (Å²) in [5.74, 6) is 0. The third-order valence-electron chi connectivity index (χ3n) is 4.87. The molecule has 1 atom stereocenters. The highest BCUT2D eigenvalue weighted by Crippen LogP contribution is 2.18. The summed E-state index contributed by atoms with van der Waals surface area (Å²) in [6, 6.07) is 8.62. The lowest BCUT2D eigenvalue weighted by molar-refractivity contribution is 0.537. The minimum atomic E-state index is -3.58. The summed E-state index contributed by atoms with van der Waals surface area (Å²) in [6.07, 6.45) is 9.82. The molecule has 0 radical (unpaired) electrons. The number of rotatable bonds is 8. The number of nitrogens with zero attached hydrogens (tertiary/aromatic N) is 2. The molecule has 4 aromatic rings. The number of aromatic nitrogens is 3. The summed E-state index contributed by atoms with van der Waals surface area (Å²) in [6.45, 7) is 3.15. The molecule has 1 unspecified atom stereocenters. The monoisotopic (exact) mass is 445 g/mol. The van der Waals surface area contributed by atoms with E-state index >= 15 is 0 Å². The molecule has 0 aliphatic heterocycles. The lowest BCUT2D eigenvalue weighted by Gasteiger charge is -2.15. The number of pyridine rings is 2. The standard InChI is InChI=1S/C21H23N5O2S.ClH/c1-15(11-22-8-5-18-13-25-21-14-24-9-6-20(18)21)26-29(27,28)19-3-2-17-12-23-7-4-16(17)10-19;/h2-4,6-7,9-10,12-15,22,25-26H,5,8,11H2,1H3;1H. The Morgan fingerprint density at radius 1 is 1.07 bits per heavy atom. The van der Waals surface area contributed by atoms with E-state index in [0.717, 1.165) is 29.3 Å². The normalized spacial score (nSPS) is 12.7. The van der Waals surface area contributed by atoms with Crippen molar-refractivity contribution in [3.63, 3.8) is 0 Å². The summed E-state index contributed by atoms with van der Waals surface area (Å²) in [7, 11) is -3.58. The van der Waals surface area contributed by atoms with Gasteiger partial charge in [0.1, 0.15) is 0 Å². The molecular weight excluding hydrogens is 422 g/mol. The van der Waals surface area contributed by atoms with E-state index in [1.54, 1.807) is 42.9 Å². The number of nitrogens with one attached hydrogen (secondary N) is 3. The molecule has 0 bridgehead atoms. The van der Waals surface area contributed by atoms with E-state index in [1.807, 2.05) is 25.4 Å². The Morgan fingerprint density at radius 2 is 1.87 bits per heavy atom. The molecule has 7 nitrogen and oxygen atoms in total. The maximum absolute atomic E-state index is 12.7. The van der Waals surface area contributed by atoms with Crippen LogP contribution in [0.5, 0.6) is 0 Å². The van der Waals surface area contributed by atoms with Crippen LogP contribution in [0, 0.1) is 0 Å². The molecule has 4 rings (SSSR count). The predicted octanol–water partition coefficient (Wildman–Crippen LogP) is 3.03. The largest absolute Gasteiger partial charge is 0.360 e. The molecule has 1 aromatic carbocycles. The molecule has 158 valence electrons. The summed E-state index contributed by atoms with van der Waals surface area (Å²) >= 11 is 0. The number of hydrogen-bond donors (Lipinski definition) is 3. The maximum Gasteiger partial charge on any atom is 0.240 e. The highest BCUT2D eigenvalue weighted by molar-refractivity contribution is 7.89. The Balaban J connectivity index is 0.00000256. The van der Waals surface area contributed by atoms with Crippen LogP contribution >= 0.6 is 12.4 Å². The van der Waals surface area contributed by atoms with E-state index in [4.69, 9.17) is 0 Å². The predicted molar refractivity (Wildman–Crippen MR) is 121 cm³/mol. The Hall–Kier alpha value is -2.52. The van der Waals surface area contributed by atoms with Crippen LogP contribution in [0.2, 0.25) is 0 Å². The number of H-pyrrole nitrogens is 1. The third-order valence-corrected chi connectivity index (χ3v) is 6.46. The van der Waals surface area contributed by atoms with Gasteiger partial charge >= 0.3 is 0 Å². The number of benzene rings is 1. The van der Waals surface area contributed by atoms with E-state index in [2.05, 4.69) is 25.0 Å². The summed E-state index contributed by atoms with van der Waals surface area (Å²) < 4.78 is 28.1. The van der Waals surface area contributed by atoms with Crippen molar-refractivity contribution in [3.05, 3.63) is 66.9 Å². The van der Waals surface area contributed by atoms with Crippen LogP contribution in [-0.2, 0) is 16.4 Å². The van der Waals surface area contributed by atoms with Gasteiger partial charge in [-0.2, -0.15) is 0 Å². The van der Waals surface area contributed by atoms with Gasteiger partial charge in [-0.3, -0.25) is 9.97 Å². The first-order valence-electron chi connectivity index (χ1n) is 9.50. The Morgan fingerprint density at radius 3 is 2.73 bits per heavy atom. The first kappa shape index (κ1) is 22.2. The second kappa shape index (κ2) is 9.53. The van der Waals surface area contributed by atoms with Gasteiger partial charge in [0.2, 0.25) is 10.0 Å². The Labute approximate surface area is 181 Å². The average Bonchev–Trinajstić information content (AvgIpc) is 3.14. The molecule has 0 aliphatic carbocycles. The van der Waals surface area contributed by atoms with Crippen LogP contribution in [0.25, 0.3) is 21.7 Å². The van der Waals surface area contributed by atoms with Gasteiger partial charge in [0, 0.05) is 48.1 Å². The molecule has 0 saturated carbocycles. The summed E-state index contributed by atoms with van der Waals surface area (Å²) in [4.78, 5) is 11.6. The van der Waals surface area contributed by atoms with Crippen LogP contribution in [0.4, 0.5) is 0 Å². The number of sulfonamides is 1. The first-order valence-corrected chi connectivity index (χ1v) is 11.0. The van der Waals surface area contributed by atoms with Gasteiger partial charge in [-0.25, -0.2) is 13.1 Å². The minimum Gasteiger partial charge on any atom is -0.360 e. The zero-order valence-electron chi connectivity index (χ0n) is 16.5. The smallest absolute Gasteiger partial charge is 0.240 e. The average molecular weight is 446 g/mol. The molecule has 0 saturated heterocycles. The molecule has 0 fully saturated rings. The third kappa shape index (κ3) is 4.96. The summed E-state index contributed by atoms with van der Waals surface area (Å²) in [5, 5.41) is 6.26. The SMILES string of the molecule is CC(CNCCc1c[nH]c2cnccc12)NS(=O)(=O)c1ccc2cnccc2c1.Cl. The number of fused-ring (bicyclic) bond motifs is 2. The van der Waals surface area contributed by atoms with E-state index < -0.39 is 10.0 Å². The van der Waals surface area contributed by atoms with Crippen LogP contribution in [0.1, 0.15) is 12.5 Å². The van der Waals surface area contributed by atoms with Gasteiger partial charge in [-0.15, -0.1) is 12.4 Å². The Kier molecular flexibility index (Phi) is 7.04. The van der Waals surface area contributed by atoms with Crippen LogP contribution < -0.4 is 10.0 Å². The summed E-state index contributed by atoms with van der Waals surface area (Å²) in [5.41, 5.74) is 2.24. The van der Waals surface area contributed by atoms with Crippen molar-refractivity contribution in [2.75, 3.05) is 13.1 Å². The number of halogens is 1. The van der Waals surface area contributed by atoms with Gasteiger partial charge in [-0.05, 0) is 55.1 Å². The molecule has 3 heterocycles. The van der Waals surface area contributed by atoms with E-state index in [0.29, 0.717) is 6.54 Å². The topological polar surface area (TPSA) is 99.8 Å². The van der Waals surface area contributed by atoms with Crippen molar-refractivity contribution < 1.29 is 8.42 Å².